The van der Waals surface area contributed by atoms with E-state index in [-0.39, 0.29) is 18.0 Å². The van der Waals surface area contributed by atoms with Crippen molar-refractivity contribution >= 4 is 17.6 Å². The molecule has 1 atom stereocenters. The zero-order valence-electron chi connectivity index (χ0n) is 16.0. The van der Waals surface area contributed by atoms with Crippen LogP contribution in [0, 0.1) is 20.8 Å². The van der Waals surface area contributed by atoms with Gasteiger partial charge in [-0.3, -0.25) is 9.69 Å². The number of amides is 3. The molecule has 3 amide bonds. The van der Waals surface area contributed by atoms with Crippen molar-refractivity contribution in [2.24, 2.45) is 0 Å². The highest BCUT2D eigenvalue weighted by Crippen LogP contribution is 2.22. The highest BCUT2D eigenvalue weighted by molar-refractivity contribution is 5.96. The highest BCUT2D eigenvalue weighted by atomic mass is 16.2. The van der Waals surface area contributed by atoms with Gasteiger partial charge in [-0.25, -0.2) is 4.79 Å². The molecule has 1 aromatic rings. The van der Waals surface area contributed by atoms with Crippen LogP contribution >= 0.6 is 0 Å². The van der Waals surface area contributed by atoms with Gasteiger partial charge in [0.15, 0.2) is 0 Å². The lowest BCUT2D eigenvalue weighted by atomic mass is 10.0. The average molecular weight is 346 g/mol. The van der Waals surface area contributed by atoms with Crippen LogP contribution in [-0.4, -0.2) is 60.5 Å². The molecule has 1 aliphatic heterocycles. The van der Waals surface area contributed by atoms with Crippen LogP contribution in [0.15, 0.2) is 12.1 Å². The first kappa shape index (κ1) is 19.2. The summed E-state index contributed by atoms with van der Waals surface area (Å²) in [5.41, 5.74) is 4.27. The van der Waals surface area contributed by atoms with Gasteiger partial charge >= 0.3 is 6.03 Å². The van der Waals surface area contributed by atoms with Crippen LogP contribution in [0.5, 0.6) is 0 Å². The lowest BCUT2D eigenvalue weighted by Gasteiger charge is -2.37. The normalized spacial score (nSPS) is 16.4. The number of carbonyl (C=O) groups excluding carboxylic acids is 2. The predicted molar refractivity (Wildman–Crippen MR) is 101 cm³/mol. The molecule has 1 aliphatic rings. The maximum absolute atomic E-state index is 12.7. The third-order valence-corrected chi connectivity index (χ3v) is 4.78. The lowest BCUT2D eigenvalue weighted by Crippen LogP contribution is -2.55. The van der Waals surface area contributed by atoms with E-state index in [0.717, 1.165) is 16.8 Å². The van der Waals surface area contributed by atoms with Gasteiger partial charge in [-0.15, -0.1) is 0 Å². The number of urea groups is 1. The van der Waals surface area contributed by atoms with Crippen LogP contribution in [-0.2, 0) is 4.79 Å². The smallest absolute Gasteiger partial charge is 0.317 e. The SMILES string of the molecule is CCNC(=O)N1CCN(C(C)C(=O)Nc2c(C)cc(C)cc2C)CC1. The summed E-state index contributed by atoms with van der Waals surface area (Å²) < 4.78 is 0. The summed E-state index contributed by atoms with van der Waals surface area (Å²) in [4.78, 5) is 28.5. The molecular weight excluding hydrogens is 316 g/mol. The molecule has 0 aliphatic carbocycles. The Kier molecular flexibility index (Phi) is 6.42. The van der Waals surface area contributed by atoms with E-state index in [1.165, 1.54) is 5.56 Å². The third-order valence-electron chi connectivity index (χ3n) is 4.78. The van der Waals surface area contributed by atoms with E-state index >= 15 is 0 Å². The van der Waals surface area contributed by atoms with E-state index in [4.69, 9.17) is 0 Å². The number of hydrogen-bond acceptors (Lipinski definition) is 3. The number of piperazine rings is 1. The van der Waals surface area contributed by atoms with E-state index in [9.17, 15) is 9.59 Å². The Morgan fingerprint density at radius 1 is 1.08 bits per heavy atom. The molecule has 0 bridgehead atoms. The van der Waals surface area contributed by atoms with E-state index in [1.54, 1.807) is 4.90 Å². The van der Waals surface area contributed by atoms with Crippen molar-refractivity contribution in [3.05, 3.63) is 28.8 Å². The minimum atomic E-state index is -0.225. The number of nitrogens with one attached hydrogen (secondary N) is 2. The van der Waals surface area contributed by atoms with Gasteiger partial charge in [-0.1, -0.05) is 17.7 Å². The van der Waals surface area contributed by atoms with Crippen molar-refractivity contribution in [2.45, 2.75) is 40.7 Å². The molecule has 1 saturated heterocycles. The fourth-order valence-corrected chi connectivity index (χ4v) is 3.35. The number of benzene rings is 1. The van der Waals surface area contributed by atoms with Gasteiger partial charge < -0.3 is 15.5 Å². The van der Waals surface area contributed by atoms with Crippen molar-refractivity contribution < 1.29 is 9.59 Å². The molecule has 1 fully saturated rings. The molecule has 2 N–H and O–H groups in total. The second kappa shape index (κ2) is 8.34. The molecule has 138 valence electrons. The number of rotatable bonds is 4. The van der Waals surface area contributed by atoms with Crippen molar-refractivity contribution in [1.29, 1.82) is 0 Å². The molecule has 0 aromatic heterocycles. The first-order valence-corrected chi connectivity index (χ1v) is 8.99. The average Bonchev–Trinajstić information content (AvgIpc) is 2.57. The van der Waals surface area contributed by atoms with E-state index in [2.05, 4.69) is 34.6 Å². The molecule has 6 heteroatoms. The zero-order valence-corrected chi connectivity index (χ0v) is 16.0. The van der Waals surface area contributed by atoms with Gasteiger partial charge in [0, 0.05) is 38.4 Å². The monoisotopic (exact) mass is 346 g/mol. The maximum Gasteiger partial charge on any atom is 0.317 e. The van der Waals surface area contributed by atoms with Crippen molar-refractivity contribution in [2.75, 3.05) is 38.0 Å². The number of carbonyl (C=O) groups is 2. The fourth-order valence-electron chi connectivity index (χ4n) is 3.35. The molecule has 1 heterocycles. The summed E-state index contributed by atoms with van der Waals surface area (Å²) >= 11 is 0. The first-order valence-electron chi connectivity index (χ1n) is 8.99. The van der Waals surface area contributed by atoms with E-state index < -0.39 is 0 Å². The Balaban J connectivity index is 1.94. The zero-order chi connectivity index (χ0) is 18.6. The Morgan fingerprint density at radius 3 is 2.16 bits per heavy atom. The molecule has 25 heavy (non-hydrogen) atoms. The second-order valence-electron chi connectivity index (χ2n) is 6.80. The maximum atomic E-state index is 12.7. The molecule has 2 rings (SSSR count). The van der Waals surface area contributed by atoms with Gasteiger partial charge in [0.2, 0.25) is 5.91 Å². The van der Waals surface area contributed by atoms with E-state index in [0.29, 0.717) is 32.7 Å². The molecule has 0 radical (unpaired) electrons. The number of nitrogens with zero attached hydrogens (tertiary/aromatic N) is 2. The molecular formula is C19H30N4O2. The van der Waals surface area contributed by atoms with Gasteiger partial charge in [-0.2, -0.15) is 0 Å². The number of aryl methyl sites for hydroxylation is 3. The van der Waals surface area contributed by atoms with Crippen LogP contribution in [0.2, 0.25) is 0 Å². The molecule has 6 nitrogen and oxygen atoms in total. The number of hydrogen-bond donors (Lipinski definition) is 2. The molecule has 0 saturated carbocycles. The summed E-state index contributed by atoms with van der Waals surface area (Å²) in [6, 6.07) is 3.92. The Hall–Kier alpha value is -2.08. The van der Waals surface area contributed by atoms with Crippen LogP contribution in [0.25, 0.3) is 0 Å². The molecule has 1 aromatic carbocycles. The Morgan fingerprint density at radius 2 is 1.64 bits per heavy atom. The summed E-state index contributed by atoms with van der Waals surface area (Å²) in [6.07, 6.45) is 0. The van der Waals surface area contributed by atoms with Crippen molar-refractivity contribution in [3.63, 3.8) is 0 Å². The van der Waals surface area contributed by atoms with Gasteiger partial charge in [0.25, 0.3) is 0 Å². The van der Waals surface area contributed by atoms with Crippen molar-refractivity contribution in [1.82, 2.24) is 15.1 Å². The minimum absolute atomic E-state index is 0.00140. The van der Waals surface area contributed by atoms with Crippen LogP contribution in [0.4, 0.5) is 10.5 Å². The summed E-state index contributed by atoms with van der Waals surface area (Å²) in [6.45, 7) is 13.3. The Labute approximate surface area is 150 Å². The minimum Gasteiger partial charge on any atom is -0.338 e. The van der Waals surface area contributed by atoms with Gasteiger partial charge in [-0.05, 0) is 45.7 Å². The topological polar surface area (TPSA) is 64.7 Å². The van der Waals surface area contributed by atoms with Crippen LogP contribution < -0.4 is 10.6 Å². The van der Waals surface area contributed by atoms with Crippen LogP contribution in [0.3, 0.4) is 0 Å². The van der Waals surface area contributed by atoms with Crippen molar-refractivity contribution in [3.8, 4) is 0 Å². The largest absolute Gasteiger partial charge is 0.338 e. The first-order chi connectivity index (χ1) is 11.8. The highest BCUT2D eigenvalue weighted by Gasteiger charge is 2.27. The van der Waals surface area contributed by atoms with Gasteiger partial charge in [0.05, 0.1) is 6.04 Å². The standard InChI is InChI=1S/C19H30N4O2/c1-6-20-19(25)23-9-7-22(8-10-23)16(5)18(24)21-17-14(3)11-13(2)12-15(17)4/h11-12,16H,6-10H2,1-5H3,(H,20,25)(H,21,24). The fraction of sp³-hybridized carbons (Fsp3) is 0.579. The van der Waals surface area contributed by atoms with E-state index in [1.807, 2.05) is 27.7 Å². The number of anilines is 1. The Bertz CT molecular complexity index is 613. The lowest BCUT2D eigenvalue weighted by molar-refractivity contribution is -0.121. The molecule has 0 spiro atoms. The molecule has 1 unspecified atom stereocenters. The van der Waals surface area contributed by atoms with Gasteiger partial charge in [0.1, 0.15) is 0 Å². The van der Waals surface area contributed by atoms with Crippen LogP contribution in [0.1, 0.15) is 30.5 Å². The summed E-state index contributed by atoms with van der Waals surface area (Å²) in [5, 5.41) is 5.90. The predicted octanol–water partition coefficient (Wildman–Crippen LogP) is 2.29. The summed E-state index contributed by atoms with van der Waals surface area (Å²) in [7, 11) is 0. The summed E-state index contributed by atoms with van der Waals surface area (Å²) in [5.74, 6) is 0.00140. The quantitative estimate of drug-likeness (QED) is 0.879. The second-order valence-corrected chi connectivity index (χ2v) is 6.80. The third kappa shape index (κ3) is 4.72.